The monoisotopic (exact) mass is 300 g/mol. The first-order valence-electron chi connectivity index (χ1n) is 7.66. The van der Waals surface area contributed by atoms with E-state index in [9.17, 15) is 9.59 Å². The van der Waals surface area contributed by atoms with Crippen molar-refractivity contribution in [2.24, 2.45) is 5.92 Å². The molecule has 1 fully saturated rings. The van der Waals surface area contributed by atoms with E-state index in [4.69, 9.17) is 9.47 Å². The van der Waals surface area contributed by atoms with Gasteiger partial charge in [0.05, 0.1) is 13.2 Å². The number of rotatable bonds is 9. The molecule has 1 heterocycles. The van der Waals surface area contributed by atoms with Gasteiger partial charge in [-0.15, -0.1) is 0 Å². The summed E-state index contributed by atoms with van der Waals surface area (Å²) in [4.78, 5) is 26.0. The van der Waals surface area contributed by atoms with Gasteiger partial charge in [-0.25, -0.2) is 0 Å². The Morgan fingerprint density at radius 2 is 1.90 bits per heavy atom. The lowest BCUT2D eigenvalue weighted by Gasteiger charge is -2.38. The number of methoxy groups -OCH3 is 1. The van der Waals surface area contributed by atoms with E-state index >= 15 is 0 Å². The van der Waals surface area contributed by atoms with Crippen molar-refractivity contribution in [1.29, 1.82) is 0 Å². The van der Waals surface area contributed by atoms with Crippen LogP contribution in [-0.4, -0.2) is 62.3 Å². The lowest BCUT2D eigenvalue weighted by Crippen LogP contribution is -2.63. The van der Waals surface area contributed by atoms with Gasteiger partial charge in [-0.2, -0.15) is 0 Å². The minimum absolute atomic E-state index is 0.0254. The molecule has 0 aromatic carbocycles. The highest BCUT2D eigenvalue weighted by Crippen LogP contribution is 2.16. The maximum Gasteiger partial charge on any atom is 0.246 e. The second-order valence-corrected chi connectivity index (χ2v) is 5.75. The summed E-state index contributed by atoms with van der Waals surface area (Å²) in [5.41, 5.74) is 0. The van der Waals surface area contributed by atoms with Crippen LogP contribution in [0, 0.1) is 5.92 Å². The highest BCUT2D eigenvalue weighted by atomic mass is 16.5. The van der Waals surface area contributed by atoms with Crippen LogP contribution in [0.3, 0.4) is 0 Å². The number of piperazine rings is 1. The first-order valence-corrected chi connectivity index (χ1v) is 7.66. The largest absolute Gasteiger partial charge is 0.382 e. The molecule has 2 atom stereocenters. The van der Waals surface area contributed by atoms with Gasteiger partial charge in [0.1, 0.15) is 12.1 Å². The molecule has 6 heteroatoms. The molecule has 1 rings (SSSR count). The van der Waals surface area contributed by atoms with Gasteiger partial charge in [-0.1, -0.05) is 13.8 Å². The van der Waals surface area contributed by atoms with Crippen molar-refractivity contribution in [3.05, 3.63) is 0 Å². The van der Waals surface area contributed by atoms with Crippen molar-refractivity contribution in [2.45, 2.75) is 45.7 Å². The summed E-state index contributed by atoms with van der Waals surface area (Å²) in [6.45, 7) is 8.11. The van der Waals surface area contributed by atoms with E-state index < -0.39 is 6.04 Å². The second kappa shape index (κ2) is 9.00. The zero-order valence-electron chi connectivity index (χ0n) is 13.6. The molecule has 122 valence electrons. The number of ether oxygens (including phenoxy) is 2. The lowest BCUT2D eigenvalue weighted by molar-refractivity contribution is -0.150. The third-order valence-electron chi connectivity index (χ3n) is 3.73. The predicted octanol–water partition coefficient (Wildman–Crippen LogP) is 0.801. The Hall–Kier alpha value is -1.14. The van der Waals surface area contributed by atoms with Crippen LogP contribution in [-0.2, 0) is 19.1 Å². The molecule has 0 bridgehead atoms. The molecule has 2 unspecified atom stereocenters. The molecule has 1 N–H and O–H groups in total. The molecule has 21 heavy (non-hydrogen) atoms. The molecule has 0 aliphatic carbocycles. The van der Waals surface area contributed by atoms with Gasteiger partial charge in [-0.05, 0) is 25.7 Å². The number of carbonyl (C=O) groups is 2. The fourth-order valence-corrected chi connectivity index (χ4v) is 2.33. The van der Waals surface area contributed by atoms with E-state index in [1.54, 1.807) is 18.9 Å². The number of unbranched alkanes of at least 4 members (excludes halogenated alkanes) is 1. The Kier molecular flexibility index (Phi) is 7.67. The summed E-state index contributed by atoms with van der Waals surface area (Å²) in [6.07, 6.45) is 1.70. The first-order chi connectivity index (χ1) is 9.99. The number of hydrogen-bond donors (Lipinski definition) is 1. The minimum atomic E-state index is -0.397. The standard InChI is InChI=1S/C15H28N2O4/c1-11(2)13-15(19)17(12(3)14(18)16-13)7-5-6-8-21-10-9-20-4/h11-13H,5-10H2,1-4H3,(H,16,18). The molecule has 0 spiro atoms. The summed E-state index contributed by atoms with van der Waals surface area (Å²) in [6, 6.07) is -0.784. The van der Waals surface area contributed by atoms with E-state index in [0.717, 1.165) is 12.8 Å². The van der Waals surface area contributed by atoms with Gasteiger partial charge in [-0.3, -0.25) is 9.59 Å². The van der Waals surface area contributed by atoms with Gasteiger partial charge in [0.15, 0.2) is 0 Å². The van der Waals surface area contributed by atoms with Crippen LogP contribution in [0.1, 0.15) is 33.6 Å². The van der Waals surface area contributed by atoms with Crippen molar-refractivity contribution in [1.82, 2.24) is 10.2 Å². The zero-order valence-corrected chi connectivity index (χ0v) is 13.6. The fourth-order valence-electron chi connectivity index (χ4n) is 2.33. The Morgan fingerprint density at radius 3 is 2.52 bits per heavy atom. The van der Waals surface area contributed by atoms with Crippen molar-refractivity contribution in [2.75, 3.05) is 33.5 Å². The fraction of sp³-hybridized carbons (Fsp3) is 0.867. The first kappa shape index (κ1) is 17.9. The second-order valence-electron chi connectivity index (χ2n) is 5.75. The van der Waals surface area contributed by atoms with E-state index in [-0.39, 0.29) is 23.8 Å². The van der Waals surface area contributed by atoms with Crippen LogP contribution in [0.5, 0.6) is 0 Å². The molecule has 6 nitrogen and oxygen atoms in total. The van der Waals surface area contributed by atoms with Crippen LogP contribution >= 0.6 is 0 Å². The average Bonchev–Trinajstić information content (AvgIpc) is 2.44. The zero-order chi connectivity index (χ0) is 15.8. The van der Waals surface area contributed by atoms with E-state index in [1.165, 1.54) is 0 Å². The summed E-state index contributed by atoms with van der Waals surface area (Å²) in [5.74, 6) is 0.0656. The van der Waals surface area contributed by atoms with Crippen LogP contribution in [0.4, 0.5) is 0 Å². The molecule has 0 aromatic heterocycles. The van der Waals surface area contributed by atoms with Crippen molar-refractivity contribution >= 4 is 11.8 Å². The molecule has 2 amide bonds. The Balaban J connectivity index is 2.37. The van der Waals surface area contributed by atoms with Crippen molar-refractivity contribution in [3.63, 3.8) is 0 Å². The number of amides is 2. The number of nitrogens with one attached hydrogen (secondary N) is 1. The number of nitrogens with zero attached hydrogens (tertiary/aromatic N) is 1. The smallest absolute Gasteiger partial charge is 0.246 e. The summed E-state index contributed by atoms with van der Waals surface area (Å²) < 4.78 is 10.3. The Labute approximate surface area is 127 Å². The molecule has 0 radical (unpaired) electrons. The van der Waals surface area contributed by atoms with Gasteiger partial charge in [0.2, 0.25) is 11.8 Å². The molecule has 0 saturated carbocycles. The molecule has 1 aliphatic rings. The van der Waals surface area contributed by atoms with E-state index in [2.05, 4.69) is 5.32 Å². The van der Waals surface area contributed by atoms with Crippen LogP contribution in [0.2, 0.25) is 0 Å². The molecule has 1 aliphatic heterocycles. The summed E-state index contributed by atoms with van der Waals surface area (Å²) in [5, 5.41) is 2.80. The van der Waals surface area contributed by atoms with Crippen molar-refractivity contribution < 1.29 is 19.1 Å². The van der Waals surface area contributed by atoms with Gasteiger partial charge < -0.3 is 19.7 Å². The van der Waals surface area contributed by atoms with Crippen LogP contribution in [0.15, 0.2) is 0 Å². The van der Waals surface area contributed by atoms with Crippen LogP contribution < -0.4 is 5.32 Å². The van der Waals surface area contributed by atoms with Crippen LogP contribution in [0.25, 0.3) is 0 Å². The van der Waals surface area contributed by atoms with Gasteiger partial charge >= 0.3 is 0 Å². The Morgan fingerprint density at radius 1 is 1.19 bits per heavy atom. The molecular weight excluding hydrogens is 272 g/mol. The van der Waals surface area contributed by atoms with Gasteiger partial charge in [0, 0.05) is 20.3 Å². The normalized spacial score (nSPS) is 22.8. The van der Waals surface area contributed by atoms with E-state index in [0.29, 0.717) is 26.4 Å². The summed E-state index contributed by atoms with van der Waals surface area (Å²) in [7, 11) is 1.64. The predicted molar refractivity (Wildman–Crippen MR) is 79.9 cm³/mol. The maximum absolute atomic E-state index is 12.4. The average molecular weight is 300 g/mol. The highest BCUT2D eigenvalue weighted by Gasteiger charge is 2.38. The SMILES string of the molecule is COCCOCCCCN1C(=O)C(C(C)C)NC(=O)C1C. The quantitative estimate of drug-likeness (QED) is 0.640. The van der Waals surface area contributed by atoms with E-state index in [1.807, 2.05) is 13.8 Å². The molecule has 1 saturated heterocycles. The third kappa shape index (κ3) is 5.28. The molecule has 0 aromatic rings. The number of carbonyl (C=O) groups excluding carboxylic acids is 2. The Bertz CT molecular complexity index is 347. The van der Waals surface area contributed by atoms with Crippen molar-refractivity contribution in [3.8, 4) is 0 Å². The molecular formula is C15H28N2O4. The third-order valence-corrected chi connectivity index (χ3v) is 3.73. The maximum atomic E-state index is 12.4. The topological polar surface area (TPSA) is 67.9 Å². The van der Waals surface area contributed by atoms with Gasteiger partial charge in [0.25, 0.3) is 0 Å². The lowest BCUT2D eigenvalue weighted by atomic mass is 9.98. The minimum Gasteiger partial charge on any atom is -0.382 e. The number of hydrogen-bond acceptors (Lipinski definition) is 4. The summed E-state index contributed by atoms with van der Waals surface area (Å²) >= 11 is 0. The highest BCUT2D eigenvalue weighted by molar-refractivity contribution is 5.96.